The zero-order chi connectivity index (χ0) is 14.0. The van der Waals surface area contributed by atoms with E-state index in [9.17, 15) is 5.11 Å². The number of nitrogens with two attached hydrogens (primary N) is 1. The molecular formula is C17H20N2O. The average Bonchev–Trinajstić information content (AvgIpc) is 2.90. The highest BCUT2D eigenvalue weighted by molar-refractivity contribution is 5.31. The largest absolute Gasteiger partial charge is 0.382 e. The van der Waals surface area contributed by atoms with E-state index in [-0.39, 0.29) is 6.54 Å². The number of β-amino-alcohol motifs (C(OH)–C–C–N with tert-alkyl or cyclic N) is 1. The first-order chi connectivity index (χ1) is 9.71. The summed E-state index contributed by atoms with van der Waals surface area (Å²) < 4.78 is 0. The minimum atomic E-state index is -0.983. The molecule has 1 heterocycles. The second-order valence-corrected chi connectivity index (χ2v) is 5.52. The first-order valence-electron chi connectivity index (χ1n) is 6.98. The Morgan fingerprint density at radius 2 is 1.50 bits per heavy atom. The maximum absolute atomic E-state index is 10.9. The molecule has 1 atom stereocenters. The predicted octanol–water partition coefficient (Wildman–Crippen LogP) is 1.85. The maximum atomic E-state index is 10.9. The van der Waals surface area contributed by atoms with Crippen molar-refractivity contribution in [1.82, 2.24) is 4.90 Å². The van der Waals surface area contributed by atoms with E-state index >= 15 is 0 Å². The molecule has 0 spiro atoms. The lowest BCUT2D eigenvalue weighted by atomic mass is 9.93. The third-order valence-corrected chi connectivity index (χ3v) is 4.04. The van der Waals surface area contributed by atoms with E-state index in [0.29, 0.717) is 6.54 Å². The topological polar surface area (TPSA) is 49.5 Å². The van der Waals surface area contributed by atoms with Crippen LogP contribution in [0.4, 0.5) is 0 Å². The lowest BCUT2D eigenvalue weighted by Gasteiger charge is -2.31. The fraction of sp³-hybridized carbons (Fsp3) is 0.294. The number of rotatable bonds is 4. The van der Waals surface area contributed by atoms with Crippen molar-refractivity contribution in [3.05, 3.63) is 71.3 Å². The van der Waals surface area contributed by atoms with Crippen LogP contribution in [0, 0.1) is 0 Å². The van der Waals surface area contributed by atoms with Crippen molar-refractivity contribution < 1.29 is 5.11 Å². The van der Waals surface area contributed by atoms with E-state index in [0.717, 1.165) is 18.7 Å². The zero-order valence-corrected chi connectivity index (χ0v) is 11.5. The number of hydrogen-bond donors (Lipinski definition) is 2. The molecule has 3 heteroatoms. The Morgan fingerprint density at radius 1 is 0.950 bits per heavy atom. The van der Waals surface area contributed by atoms with Crippen molar-refractivity contribution in [2.24, 2.45) is 5.73 Å². The van der Waals surface area contributed by atoms with Crippen molar-refractivity contribution in [1.29, 1.82) is 0 Å². The molecule has 0 bridgehead atoms. The van der Waals surface area contributed by atoms with Crippen molar-refractivity contribution in [2.45, 2.75) is 18.7 Å². The van der Waals surface area contributed by atoms with Crippen LogP contribution in [-0.4, -0.2) is 23.1 Å². The molecule has 1 unspecified atom stereocenters. The van der Waals surface area contributed by atoms with Crippen LogP contribution in [0.5, 0.6) is 0 Å². The molecule has 1 aliphatic rings. The molecule has 0 radical (unpaired) electrons. The summed E-state index contributed by atoms with van der Waals surface area (Å²) in [6.45, 7) is 2.54. The Hall–Kier alpha value is -1.68. The molecule has 0 aromatic heterocycles. The number of hydrogen-bond acceptors (Lipinski definition) is 3. The average molecular weight is 268 g/mol. The van der Waals surface area contributed by atoms with Crippen molar-refractivity contribution in [3.8, 4) is 0 Å². The van der Waals surface area contributed by atoms with E-state index < -0.39 is 5.60 Å². The van der Waals surface area contributed by atoms with Crippen LogP contribution in [0.15, 0.2) is 54.6 Å². The quantitative estimate of drug-likeness (QED) is 0.889. The Morgan fingerprint density at radius 3 is 2.05 bits per heavy atom. The van der Waals surface area contributed by atoms with Gasteiger partial charge in [-0.1, -0.05) is 54.6 Å². The summed E-state index contributed by atoms with van der Waals surface area (Å²) in [4.78, 5) is 2.25. The third kappa shape index (κ3) is 2.48. The Balaban J connectivity index is 1.77. The normalized spacial score (nSPS) is 17.7. The van der Waals surface area contributed by atoms with Gasteiger partial charge in [0, 0.05) is 26.2 Å². The van der Waals surface area contributed by atoms with Crippen molar-refractivity contribution in [2.75, 3.05) is 13.1 Å². The lowest BCUT2D eigenvalue weighted by molar-refractivity contribution is 0.00548. The number of benzene rings is 2. The monoisotopic (exact) mass is 268 g/mol. The van der Waals surface area contributed by atoms with Gasteiger partial charge in [-0.3, -0.25) is 4.90 Å². The smallest absolute Gasteiger partial charge is 0.114 e. The van der Waals surface area contributed by atoms with Gasteiger partial charge >= 0.3 is 0 Å². The molecule has 0 aliphatic carbocycles. The maximum Gasteiger partial charge on any atom is 0.114 e. The van der Waals surface area contributed by atoms with E-state index in [1.165, 1.54) is 11.1 Å². The van der Waals surface area contributed by atoms with Crippen LogP contribution in [0.1, 0.15) is 16.7 Å². The molecule has 0 fully saturated rings. The SMILES string of the molecule is NCC(O)(CN1Cc2ccccc2C1)c1ccccc1. The van der Waals surface area contributed by atoms with Crippen LogP contribution < -0.4 is 5.73 Å². The fourth-order valence-electron chi connectivity index (χ4n) is 2.91. The number of aliphatic hydroxyl groups is 1. The van der Waals surface area contributed by atoms with E-state index in [1.807, 2.05) is 30.3 Å². The van der Waals surface area contributed by atoms with Crippen molar-refractivity contribution >= 4 is 0 Å². The summed E-state index contributed by atoms with van der Waals surface area (Å²) in [6, 6.07) is 18.1. The molecule has 0 saturated carbocycles. The summed E-state index contributed by atoms with van der Waals surface area (Å²) in [5.41, 5.74) is 8.44. The summed E-state index contributed by atoms with van der Waals surface area (Å²) in [5.74, 6) is 0. The molecule has 0 amide bonds. The second kappa shape index (κ2) is 5.37. The molecule has 3 rings (SSSR count). The van der Waals surface area contributed by atoms with Crippen LogP contribution in [0.25, 0.3) is 0 Å². The van der Waals surface area contributed by atoms with E-state index in [2.05, 4.69) is 29.2 Å². The first-order valence-corrected chi connectivity index (χ1v) is 6.98. The summed E-state index contributed by atoms with van der Waals surface area (Å²) in [6.07, 6.45) is 0. The van der Waals surface area contributed by atoms with E-state index in [4.69, 9.17) is 5.73 Å². The molecule has 104 valence electrons. The minimum Gasteiger partial charge on any atom is -0.382 e. The molecule has 1 aliphatic heterocycles. The standard InChI is InChI=1S/C17H20N2O/c18-12-17(20,16-8-2-1-3-9-16)13-19-10-14-6-4-5-7-15(14)11-19/h1-9,20H,10-13,18H2. The summed E-state index contributed by atoms with van der Waals surface area (Å²) >= 11 is 0. The Bertz CT molecular complexity index is 560. The van der Waals surface area contributed by atoms with Gasteiger partial charge in [0.2, 0.25) is 0 Å². The molecule has 2 aromatic carbocycles. The van der Waals surface area contributed by atoms with Gasteiger partial charge in [0.25, 0.3) is 0 Å². The molecule has 20 heavy (non-hydrogen) atoms. The van der Waals surface area contributed by atoms with Gasteiger partial charge in [0.15, 0.2) is 0 Å². The van der Waals surface area contributed by atoms with Crippen LogP contribution in [0.2, 0.25) is 0 Å². The highest BCUT2D eigenvalue weighted by atomic mass is 16.3. The van der Waals surface area contributed by atoms with Gasteiger partial charge in [0.05, 0.1) is 0 Å². The lowest BCUT2D eigenvalue weighted by Crippen LogP contribution is -2.44. The molecule has 0 saturated heterocycles. The van der Waals surface area contributed by atoms with Gasteiger partial charge in [0.1, 0.15) is 5.60 Å². The molecule has 3 N–H and O–H groups in total. The second-order valence-electron chi connectivity index (χ2n) is 5.52. The Labute approximate surface area is 119 Å². The van der Waals surface area contributed by atoms with Gasteiger partial charge in [-0.05, 0) is 16.7 Å². The summed E-state index contributed by atoms with van der Waals surface area (Å²) in [7, 11) is 0. The van der Waals surface area contributed by atoms with E-state index in [1.54, 1.807) is 0 Å². The van der Waals surface area contributed by atoms with Crippen LogP contribution >= 0.6 is 0 Å². The van der Waals surface area contributed by atoms with Crippen LogP contribution in [-0.2, 0) is 18.7 Å². The Kier molecular flexibility index (Phi) is 3.57. The van der Waals surface area contributed by atoms with Gasteiger partial charge < -0.3 is 10.8 Å². The molecule has 3 nitrogen and oxygen atoms in total. The molecular weight excluding hydrogens is 248 g/mol. The third-order valence-electron chi connectivity index (χ3n) is 4.04. The van der Waals surface area contributed by atoms with Gasteiger partial charge in [-0.2, -0.15) is 0 Å². The van der Waals surface area contributed by atoms with Gasteiger partial charge in [-0.25, -0.2) is 0 Å². The first kappa shape index (κ1) is 13.3. The van der Waals surface area contributed by atoms with Gasteiger partial charge in [-0.15, -0.1) is 0 Å². The highest BCUT2D eigenvalue weighted by Crippen LogP contribution is 2.27. The van der Waals surface area contributed by atoms with Crippen molar-refractivity contribution in [3.63, 3.8) is 0 Å². The minimum absolute atomic E-state index is 0.226. The zero-order valence-electron chi connectivity index (χ0n) is 11.5. The fourth-order valence-corrected chi connectivity index (χ4v) is 2.91. The highest BCUT2D eigenvalue weighted by Gasteiger charge is 2.32. The number of nitrogens with zero attached hydrogens (tertiary/aromatic N) is 1. The number of fused-ring (bicyclic) bond motifs is 1. The molecule has 2 aromatic rings. The predicted molar refractivity (Wildman–Crippen MR) is 79.9 cm³/mol. The summed E-state index contributed by atoms with van der Waals surface area (Å²) in [5, 5.41) is 10.9. The van der Waals surface area contributed by atoms with Crippen LogP contribution in [0.3, 0.4) is 0 Å².